The first-order chi connectivity index (χ1) is 14.8. The first kappa shape index (κ1) is 21.4. The van der Waals surface area contributed by atoms with Crippen molar-refractivity contribution in [1.82, 2.24) is 15.1 Å². The molecule has 1 amide bonds. The summed E-state index contributed by atoms with van der Waals surface area (Å²) >= 11 is 12.0. The lowest BCUT2D eigenvalue weighted by Crippen LogP contribution is -2.41. The Kier molecular flexibility index (Phi) is 5.99. The van der Waals surface area contributed by atoms with Gasteiger partial charge in [-0.15, -0.1) is 0 Å². The van der Waals surface area contributed by atoms with Gasteiger partial charge in [-0.25, -0.2) is 9.78 Å². The fourth-order valence-corrected chi connectivity index (χ4v) is 3.46. The van der Waals surface area contributed by atoms with E-state index in [-0.39, 0.29) is 18.6 Å². The van der Waals surface area contributed by atoms with Crippen LogP contribution in [0.2, 0.25) is 10.0 Å². The van der Waals surface area contributed by atoms with E-state index in [0.717, 1.165) is 5.56 Å². The summed E-state index contributed by atoms with van der Waals surface area (Å²) in [4.78, 5) is 22.0. The van der Waals surface area contributed by atoms with Crippen LogP contribution in [0.5, 0.6) is 0 Å². The van der Waals surface area contributed by atoms with Crippen LogP contribution in [-0.4, -0.2) is 45.1 Å². The zero-order valence-corrected chi connectivity index (χ0v) is 18.1. The second kappa shape index (κ2) is 8.70. The Morgan fingerprint density at radius 1 is 1.23 bits per heavy atom. The smallest absolute Gasteiger partial charge is 0.416 e. The molecule has 0 radical (unpaired) electrons. The van der Waals surface area contributed by atoms with Crippen molar-refractivity contribution >= 4 is 41.1 Å². The Morgan fingerprint density at radius 3 is 2.77 bits per heavy atom. The highest BCUT2D eigenvalue weighted by molar-refractivity contribution is 6.42. The van der Waals surface area contributed by atoms with E-state index < -0.39 is 18.2 Å². The van der Waals surface area contributed by atoms with E-state index in [9.17, 15) is 9.90 Å². The SMILES string of the molecule is C[C@H](Nc1nccc(N2C(=O)OC[C@@H]2[C@@H](C)O)n1)c1cc(-c2ccc(Cl)c(Cl)c2)no1. The van der Waals surface area contributed by atoms with E-state index in [2.05, 4.69) is 20.4 Å². The van der Waals surface area contributed by atoms with E-state index >= 15 is 0 Å². The third kappa shape index (κ3) is 4.43. The van der Waals surface area contributed by atoms with Crippen molar-refractivity contribution in [2.75, 3.05) is 16.8 Å². The molecule has 0 saturated carbocycles. The molecule has 1 aromatic carbocycles. The Bertz CT molecular complexity index is 1110. The molecular formula is C20H19Cl2N5O4. The highest BCUT2D eigenvalue weighted by Crippen LogP contribution is 2.30. The summed E-state index contributed by atoms with van der Waals surface area (Å²) in [7, 11) is 0. The van der Waals surface area contributed by atoms with Crippen LogP contribution in [0.4, 0.5) is 16.6 Å². The number of hydrogen-bond donors (Lipinski definition) is 2. The second-order valence-corrected chi connectivity index (χ2v) is 7.92. The molecule has 31 heavy (non-hydrogen) atoms. The number of nitrogens with zero attached hydrogens (tertiary/aromatic N) is 4. The number of aliphatic hydroxyl groups excluding tert-OH is 1. The van der Waals surface area contributed by atoms with E-state index in [0.29, 0.717) is 27.3 Å². The number of rotatable bonds is 6. The van der Waals surface area contributed by atoms with Gasteiger partial charge in [-0.1, -0.05) is 34.4 Å². The van der Waals surface area contributed by atoms with Gasteiger partial charge in [-0.05, 0) is 32.0 Å². The summed E-state index contributed by atoms with van der Waals surface area (Å²) < 4.78 is 10.5. The summed E-state index contributed by atoms with van der Waals surface area (Å²) in [6.07, 6.45) is 0.180. The Balaban J connectivity index is 1.51. The fraction of sp³-hybridized carbons (Fsp3) is 0.300. The predicted molar refractivity (Wildman–Crippen MR) is 115 cm³/mol. The van der Waals surface area contributed by atoms with Crippen molar-refractivity contribution in [3.63, 3.8) is 0 Å². The van der Waals surface area contributed by atoms with Crippen LogP contribution in [0, 0.1) is 0 Å². The van der Waals surface area contributed by atoms with Crippen LogP contribution in [-0.2, 0) is 4.74 Å². The molecule has 9 nitrogen and oxygen atoms in total. The van der Waals surface area contributed by atoms with Gasteiger partial charge in [0.25, 0.3) is 0 Å². The van der Waals surface area contributed by atoms with Gasteiger partial charge in [0.2, 0.25) is 5.95 Å². The maximum absolute atomic E-state index is 12.1. The molecule has 2 N–H and O–H groups in total. The zero-order chi connectivity index (χ0) is 22.1. The minimum Gasteiger partial charge on any atom is -0.447 e. The van der Waals surface area contributed by atoms with Crippen LogP contribution in [0.25, 0.3) is 11.3 Å². The zero-order valence-electron chi connectivity index (χ0n) is 16.6. The quantitative estimate of drug-likeness (QED) is 0.555. The Hall–Kier alpha value is -2.88. The standard InChI is InChI=1S/C20H19Cl2N5O4/c1-10(17-8-15(26-31-17)12-3-4-13(21)14(22)7-12)24-19-23-6-5-18(25-19)27-16(11(2)28)9-30-20(27)29/h3-8,10-11,16,28H,9H2,1-2H3,(H,23,24,25)/t10-,11+,16+/m0/s1. The van der Waals surface area contributed by atoms with Crippen LogP contribution in [0.15, 0.2) is 41.1 Å². The number of hydrogen-bond acceptors (Lipinski definition) is 8. The fourth-order valence-electron chi connectivity index (χ4n) is 3.16. The Morgan fingerprint density at radius 2 is 2.03 bits per heavy atom. The number of aromatic nitrogens is 3. The molecule has 4 rings (SSSR count). The van der Waals surface area contributed by atoms with E-state index in [1.54, 1.807) is 37.3 Å². The van der Waals surface area contributed by atoms with E-state index in [1.807, 2.05) is 6.92 Å². The number of nitrogens with one attached hydrogen (secondary N) is 1. The summed E-state index contributed by atoms with van der Waals surface area (Å²) in [5.74, 6) is 1.16. The highest BCUT2D eigenvalue weighted by atomic mass is 35.5. The summed E-state index contributed by atoms with van der Waals surface area (Å²) in [5, 5.41) is 18.0. The van der Waals surface area contributed by atoms with Crippen molar-refractivity contribution in [1.29, 1.82) is 0 Å². The monoisotopic (exact) mass is 463 g/mol. The number of aliphatic hydroxyl groups is 1. The van der Waals surface area contributed by atoms with Crippen molar-refractivity contribution in [2.45, 2.75) is 32.0 Å². The molecule has 1 saturated heterocycles. The number of benzene rings is 1. The van der Waals surface area contributed by atoms with Gasteiger partial charge in [-0.2, -0.15) is 4.98 Å². The summed E-state index contributed by atoms with van der Waals surface area (Å²) in [6, 6.07) is 7.72. The van der Waals surface area contributed by atoms with Crippen molar-refractivity contribution in [2.24, 2.45) is 0 Å². The molecule has 1 aliphatic heterocycles. The number of halogens is 2. The van der Waals surface area contributed by atoms with Gasteiger partial charge in [-0.3, -0.25) is 4.90 Å². The first-order valence-electron chi connectivity index (χ1n) is 9.49. The highest BCUT2D eigenvalue weighted by Gasteiger charge is 2.38. The number of cyclic esters (lactones) is 1. The van der Waals surface area contributed by atoms with E-state index in [1.165, 1.54) is 11.1 Å². The largest absolute Gasteiger partial charge is 0.447 e. The number of ether oxygens (including phenoxy) is 1. The minimum atomic E-state index is -0.772. The van der Waals surface area contributed by atoms with Crippen LogP contribution in [0.3, 0.4) is 0 Å². The van der Waals surface area contributed by atoms with Gasteiger partial charge >= 0.3 is 6.09 Å². The number of anilines is 2. The lowest BCUT2D eigenvalue weighted by molar-refractivity contribution is 0.142. The normalized spacial score (nSPS) is 18.0. The Labute approximate surface area is 187 Å². The average molecular weight is 464 g/mol. The van der Waals surface area contributed by atoms with E-state index in [4.69, 9.17) is 32.5 Å². The molecule has 3 aromatic rings. The van der Waals surface area contributed by atoms with Gasteiger partial charge in [0, 0.05) is 17.8 Å². The van der Waals surface area contributed by atoms with Crippen molar-refractivity contribution in [3.8, 4) is 11.3 Å². The maximum Gasteiger partial charge on any atom is 0.416 e. The maximum atomic E-state index is 12.1. The third-order valence-corrected chi connectivity index (χ3v) is 5.61. The lowest BCUT2D eigenvalue weighted by atomic mass is 10.1. The third-order valence-electron chi connectivity index (χ3n) is 4.87. The molecule has 0 unspecified atom stereocenters. The van der Waals surface area contributed by atoms with Crippen molar-refractivity contribution < 1.29 is 19.2 Å². The molecule has 1 fully saturated rings. The molecule has 3 heterocycles. The van der Waals surface area contributed by atoms with Gasteiger partial charge in [0.1, 0.15) is 24.2 Å². The number of carbonyl (C=O) groups is 1. The van der Waals surface area contributed by atoms with Crippen LogP contribution < -0.4 is 10.2 Å². The molecule has 0 aliphatic carbocycles. The van der Waals surface area contributed by atoms with Gasteiger partial charge in [0.05, 0.1) is 22.2 Å². The topological polar surface area (TPSA) is 114 Å². The summed E-state index contributed by atoms with van der Waals surface area (Å²) in [6.45, 7) is 3.55. The summed E-state index contributed by atoms with van der Waals surface area (Å²) in [5.41, 5.74) is 1.38. The average Bonchev–Trinajstić information content (AvgIpc) is 3.37. The molecule has 2 aromatic heterocycles. The van der Waals surface area contributed by atoms with Crippen LogP contribution >= 0.6 is 23.2 Å². The predicted octanol–water partition coefficient (Wildman–Crippen LogP) is 4.32. The van der Waals surface area contributed by atoms with Crippen molar-refractivity contribution in [3.05, 3.63) is 52.3 Å². The number of amides is 1. The van der Waals surface area contributed by atoms with Crippen LogP contribution in [0.1, 0.15) is 25.6 Å². The number of carbonyl (C=O) groups excluding carboxylic acids is 1. The molecule has 162 valence electrons. The molecule has 0 spiro atoms. The minimum absolute atomic E-state index is 0.0925. The first-order valence-corrected chi connectivity index (χ1v) is 10.2. The lowest BCUT2D eigenvalue weighted by Gasteiger charge is -2.22. The molecule has 3 atom stereocenters. The molecular weight excluding hydrogens is 445 g/mol. The van der Waals surface area contributed by atoms with Gasteiger partial charge in [0.15, 0.2) is 5.76 Å². The molecule has 1 aliphatic rings. The second-order valence-electron chi connectivity index (χ2n) is 7.10. The molecule has 11 heteroatoms. The molecule has 0 bridgehead atoms. The van der Waals surface area contributed by atoms with Gasteiger partial charge < -0.3 is 19.7 Å².